The normalized spacial score (nSPS) is 11.3. The van der Waals surface area contributed by atoms with Crippen LogP contribution in [-0.2, 0) is 0 Å². The van der Waals surface area contributed by atoms with Crippen molar-refractivity contribution in [1.29, 1.82) is 0 Å². The largest absolute Gasteiger partial charge is 0.237 e. The summed E-state index contributed by atoms with van der Waals surface area (Å²) < 4.78 is 14.6. The van der Waals surface area contributed by atoms with E-state index in [4.69, 9.17) is 11.6 Å². The summed E-state index contributed by atoms with van der Waals surface area (Å²) in [5, 5.41) is 1.35. The van der Waals surface area contributed by atoms with Gasteiger partial charge in [0.1, 0.15) is 5.82 Å². The number of pyridine rings is 2. The molecule has 29 heavy (non-hydrogen) atoms. The molecule has 0 unspecified atom stereocenters. The van der Waals surface area contributed by atoms with Crippen LogP contribution in [0.3, 0.4) is 0 Å². The maximum absolute atomic E-state index is 14.6. The molecule has 2 aromatic heterocycles. The smallest absolute Gasteiger partial charge is 0.160 e. The molecule has 4 aromatic rings. The Labute approximate surface area is 174 Å². The van der Waals surface area contributed by atoms with Crippen LogP contribution >= 0.6 is 11.6 Å². The molecule has 0 amide bonds. The summed E-state index contributed by atoms with van der Waals surface area (Å²) in [5.74, 6) is -0.378. The highest BCUT2D eigenvalue weighted by molar-refractivity contribution is 6.30. The second kappa shape index (κ2) is 7.98. The molecule has 0 N–H and O–H groups in total. The molecule has 2 nitrogen and oxygen atoms in total. The van der Waals surface area contributed by atoms with Gasteiger partial charge in [0.05, 0.1) is 5.69 Å². The van der Waals surface area contributed by atoms with E-state index in [0.717, 1.165) is 27.6 Å². The molecule has 0 aliphatic carbocycles. The third-order valence-corrected chi connectivity index (χ3v) is 5.01. The Hall–Kier alpha value is -3.30. The van der Waals surface area contributed by atoms with Crippen molar-refractivity contribution in [3.05, 3.63) is 95.4 Å². The Kier molecular flexibility index (Phi) is 5.24. The van der Waals surface area contributed by atoms with Gasteiger partial charge in [0.25, 0.3) is 0 Å². The van der Waals surface area contributed by atoms with E-state index in [2.05, 4.69) is 22.6 Å². The van der Waals surface area contributed by atoms with Crippen LogP contribution in [0.15, 0.2) is 73.4 Å². The number of allylic oxidation sites excluding steroid dienone is 1. The minimum absolute atomic E-state index is 0.346. The van der Waals surface area contributed by atoms with E-state index < -0.39 is 0 Å². The average molecular weight is 401 g/mol. The Morgan fingerprint density at radius 2 is 1.86 bits per heavy atom. The molecule has 0 spiro atoms. The molecule has 0 aliphatic heterocycles. The second-order valence-corrected chi connectivity index (χ2v) is 7.00. The summed E-state index contributed by atoms with van der Waals surface area (Å²) in [6.45, 7) is 5.91. The van der Waals surface area contributed by atoms with Gasteiger partial charge in [-0.05, 0) is 65.6 Å². The zero-order valence-electron chi connectivity index (χ0n) is 15.9. The number of hydrogen-bond donors (Lipinski definition) is 0. The van der Waals surface area contributed by atoms with Crippen LogP contribution in [0.1, 0.15) is 18.1 Å². The first kappa shape index (κ1) is 19.0. The molecule has 0 saturated carbocycles. The van der Waals surface area contributed by atoms with Gasteiger partial charge in [0, 0.05) is 22.2 Å². The maximum atomic E-state index is 14.6. The zero-order valence-corrected chi connectivity index (χ0v) is 16.6. The van der Waals surface area contributed by atoms with Gasteiger partial charge in [-0.2, -0.15) is 0 Å². The van der Waals surface area contributed by atoms with Gasteiger partial charge in [-0.3, -0.25) is 0 Å². The predicted octanol–water partition coefficient (Wildman–Crippen LogP) is 7.43. The SMILES string of the molecule is C=Cc1cccc(-c2cc(-c3cc(Cl)ccc3F)nc3ncccc23)c1/C=C\C. The Bertz CT molecular complexity index is 1260. The van der Waals surface area contributed by atoms with Gasteiger partial charge in [0.15, 0.2) is 5.65 Å². The molecule has 142 valence electrons. The monoisotopic (exact) mass is 400 g/mol. The van der Waals surface area contributed by atoms with Crippen LogP contribution in [0.4, 0.5) is 4.39 Å². The number of aromatic nitrogens is 2. The summed E-state index contributed by atoms with van der Waals surface area (Å²) in [4.78, 5) is 9.02. The highest BCUT2D eigenvalue weighted by Gasteiger charge is 2.15. The van der Waals surface area contributed by atoms with Crippen molar-refractivity contribution in [2.24, 2.45) is 0 Å². The van der Waals surface area contributed by atoms with Crippen molar-refractivity contribution in [1.82, 2.24) is 9.97 Å². The van der Waals surface area contributed by atoms with Crippen molar-refractivity contribution < 1.29 is 4.39 Å². The predicted molar refractivity (Wildman–Crippen MR) is 120 cm³/mol. The van der Waals surface area contributed by atoms with E-state index in [1.807, 2.05) is 55.5 Å². The number of nitrogens with zero attached hydrogens (tertiary/aromatic N) is 2. The van der Waals surface area contributed by atoms with Crippen LogP contribution in [0.25, 0.3) is 45.6 Å². The molecule has 2 heterocycles. The number of benzene rings is 2. The van der Waals surface area contributed by atoms with Crippen LogP contribution in [0.2, 0.25) is 5.02 Å². The molecule has 4 rings (SSSR count). The van der Waals surface area contributed by atoms with Crippen LogP contribution in [-0.4, -0.2) is 9.97 Å². The zero-order chi connectivity index (χ0) is 20.4. The van der Waals surface area contributed by atoms with Crippen molar-refractivity contribution >= 4 is 34.8 Å². The van der Waals surface area contributed by atoms with Gasteiger partial charge >= 0.3 is 0 Å². The minimum Gasteiger partial charge on any atom is -0.237 e. The average Bonchev–Trinajstić information content (AvgIpc) is 2.75. The molecule has 0 bridgehead atoms. The van der Waals surface area contributed by atoms with E-state index in [9.17, 15) is 4.39 Å². The van der Waals surface area contributed by atoms with Gasteiger partial charge in [-0.15, -0.1) is 0 Å². The lowest BCUT2D eigenvalue weighted by Crippen LogP contribution is -1.95. The number of fused-ring (bicyclic) bond motifs is 1. The molecular weight excluding hydrogens is 383 g/mol. The Balaban J connectivity index is 2.08. The summed E-state index contributed by atoms with van der Waals surface area (Å²) >= 11 is 6.12. The molecule has 4 heteroatoms. The lowest BCUT2D eigenvalue weighted by atomic mass is 9.92. The van der Waals surface area contributed by atoms with E-state index in [1.165, 1.54) is 12.1 Å². The summed E-state index contributed by atoms with van der Waals surface area (Å²) in [7, 11) is 0. The van der Waals surface area contributed by atoms with Gasteiger partial charge in [-0.1, -0.05) is 54.6 Å². The first-order valence-electron chi connectivity index (χ1n) is 9.22. The van der Waals surface area contributed by atoms with E-state index >= 15 is 0 Å². The number of rotatable bonds is 4. The fraction of sp³-hybridized carbons (Fsp3) is 0.0400. The van der Waals surface area contributed by atoms with Gasteiger partial charge < -0.3 is 0 Å². The van der Waals surface area contributed by atoms with Crippen molar-refractivity contribution in [2.45, 2.75) is 6.92 Å². The highest BCUT2D eigenvalue weighted by Crippen LogP contribution is 2.36. The van der Waals surface area contributed by atoms with Crippen molar-refractivity contribution in [3.63, 3.8) is 0 Å². The van der Waals surface area contributed by atoms with Crippen LogP contribution < -0.4 is 0 Å². The van der Waals surface area contributed by atoms with E-state index in [-0.39, 0.29) is 5.82 Å². The molecule has 0 atom stereocenters. The minimum atomic E-state index is -0.378. The van der Waals surface area contributed by atoms with Gasteiger partial charge in [0.2, 0.25) is 0 Å². The topological polar surface area (TPSA) is 25.8 Å². The van der Waals surface area contributed by atoms with Crippen LogP contribution in [0.5, 0.6) is 0 Å². The first-order chi connectivity index (χ1) is 14.1. The molecule has 0 saturated heterocycles. The summed E-state index contributed by atoms with van der Waals surface area (Å²) in [5.41, 5.74) is 5.37. The van der Waals surface area contributed by atoms with Gasteiger partial charge in [-0.25, -0.2) is 14.4 Å². The standard InChI is InChI=1S/C25H18ClFN2/c1-3-7-18-16(4-2)8-5-9-19(18)21-15-24(22-14-17(26)11-12-23(22)27)29-25-20(21)10-6-13-28-25/h3-15H,2H2,1H3/b7-3-. The number of halogens is 2. The van der Waals surface area contributed by atoms with E-state index in [1.54, 1.807) is 12.3 Å². The quantitative estimate of drug-likeness (QED) is 0.356. The fourth-order valence-electron chi connectivity index (χ4n) is 3.46. The molecule has 0 radical (unpaired) electrons. The van der Waals surface area contributed by atoms with Crippen molar-refractivity contribution in [2.75, 3.05) is 0 Å². The third-order valence-electron chi connectivity index (χ3n) is 4.77. The lowest BCUT2D eigenvalue weighted by Gasteiger charge is -2.14. The molecule has 0 fully saturated rings. The molecule has 2 aromatic carbocycles. The maximum Gasteiger partial charge on any atom is 0.160 e. The third kappa shape index (κ3) is 3.57. The fourth-order valence-corrected chi connectivity index (χ4v) is 3.63. The first-order valence-corrected chi connectivity index (χ1v) is 9.60. The lowest BCUT2D eigenvalue weighted by molar-refractivity contribution is 0.631. The second-order valence-electron chi connectivity index (χ2n) is 6.57. The summed E-state index contributed by atoms with van der Waals surface area (Å²) in [6, 6.07) is 16.3. The number of hydrogen-bond acceptors (Lipinski definition) is 2. The van der Waals surface area contributed by atoms with Crippen LogP contribution in [0, 0.1) is 5.82 Å². The Morgan fingerprint density at radius 1 is 1.00 bits per heavy atom. The summed E-state index contributed by atoms with van der Waals surface area (Å²) in [6.07, 6.45) is 7.56. The Morgan fingerprint density at radius 3 is 2.66 bits per heavy atom. The van der Waals surface area contributed by atoms with Crippen molar-refractivity contribution in [3.8, 4) is 22.4 Å². The molecule has 0 aliphatic rings. The molecular formula is C25H18ClFN2. The highest BCUT2D eigenvalue weighted by atomic mass is 35.5. The van der Waals surface area contributed by atoms with E-state index in [0.29, 0.717) is 21.9 Å².